The number of carbonyl (C=O) groups excluding carboxylic acids is 1. The highest BCUT2D eigenvalue weighted by molar-refractivity contribution is 6.69. The molecule has 0 radical (unpaired) electrons. The predicted molar refractivity (Wildman–Crippen MR) is 123 cm³/mol. The highest BCUT2D eigenvalue weighted by Crippen LogP contribution is 2.45. The maximum Gasteiger partial charge on any atom is 0.413 e. The molecule has 1 unspecified atom stereocenters. The molecular formula is C21H26F2N4O7Si. The normalized spacial score (nSPS) is 21.5. The van der Waals surface area contributed by atoms with Crippen molar-refractivity contribution in [1.82, 2.24) is 9.55 Å². The van der Waals surface area contributed by atoms with Crippen LogP contribution in [0.3, 0.4) is 0 Å². The van der Waals surface area contributed by atoms with Gasteiger partial charge in [0.25, 0.3) is 5.69 Å². The zero-order chi connectivity index (χ0) is 26.0. The first kappa shape index (κ1) is 26.4. The number of anilines is 1. The number of aromatic nitrogens is 2. The van der Waals surface area contributed by atoms with Crippen molar-refractivity contribution >= 4 is 25.9 Å². The van der Waals surface area contributed by atoms with Crippen LogP contribution in [0.4, 0.5) is 25.1 Å². The maximum atomic E-state index is 15.2. The number of hydrogen-bond acceptors (Lipinski definition) is 8. The summed E-state index contributed by atoms with van der Waals surface area (Å²) in [5.41, 5.74) is -0.662. The van der Waals surface area contributed by atoms with Gasteiger partial charge in [-0.2, -0.15) is 13.8 Å². The number of amides is 1. The van der Waals surface area contributed by atoms with E-state index in [4.69, 9.17) is 13.9 Å². The van der Waals surface area contributed by atoms with Gasteiger partial charge in [-0.25, -0.2) is 9.59 Å². The molecule has 1 aliphatic rings. The van der Waals surface area contributed by atoms with E-state index in [1.807, 2.05) is 0 Å². The van der Waals surface area contributed by atoms with Crippen molar-refractivity contribution in [2.75, 3.05) is 5.32 Å². The molecule has 0 aliphatic carbocycles. The van der Waals surface area contributed by atoms with E-state index in [1.165, 1.54) is 30.3 Å². The molecule has 190 valence electrons. The molecule has 1 saturated heterocycles. The van der Waals surface area contributed by atoms with E-state index in [1.54, 1.807) is 26.6 Å². The Hall–Kier alpha value is -3.23. The van der Waals surface area contributed by atoms with Gasteiger partial charge in [-0.15, -0.1) is 0 Å². The lowest BCUT2D eigenvalue weighted by Crippen LogP contribution is -2.47. The second kappa shape index (κ2) is 10.2. The van der Waals surface area contributed by atoms with Crippen molar-refractivity contribution < 1.29 is 32.4 Å². The van der Waals surface area contributed by atoms with Crippen LogP contribution in [0.1, 0.15) is 25.1 Å². The summed E-state index contributed by atoms with van der Waals surface area (Å²) in [6.45, 7) is 6.87. The number of carbonyl (C=O) groups is 1. The third-order valence-corrected chi connectivity index (χ3v) is 6.02. The van der Waals surface area contributed by atoms with Crippen molar-refractivity contribution in [1.29, 1.82) is 0 Å². The number of benzene rings is 1. The Bertz CT molecular complexity index is 1140. The molecule has 0 bridgehead atoms. The van der Waals surface area contributed by atoms with E-state index >= 15 is 8.78 Å². The first-order valence-corrected chi connectivity index (χ1v) is 14.2. The third kappa shape index (κ3) is 6.26. The minimum absolute atomic E-state index is 0.108. The summed E-state index contributed by atoms with van der Waals surface area (Å²) in [5.74, 6) is -3.69. The van der Waals surface area contributed by atoms with Crippen LogP contribution in [0.15, 0.2) is 41.3 Å². The molecule has 1 amide bonds. The van der Waals surface area contributed by atoms with Crippen LogP contribution in [-0.2, 0) is 20.5 Å². The Labute approximate surface area is 200 Å². The molecule has 11 nitrogen and oxygen atoms in total. The number of alkyl halides is 2. The van der Waals surface area contributed by atoms with E-state index in [0.717, 1.165) is 6.20 Å². The van der Waals surface area contributed by atoms with E-state index < -0.39 is 49.4 Å². The van der Waals surface area contributed by atoms with Gasteiger partial charge in [-0.05, 0) is 49.8 Å². The fourth-order valence-electron chi connectivity index (χ4n) is 3.48. The molecule has 1 N–H and O–H groups in total. The number of nitro benzene ring substituents is 1. The number of halogens is 2. The molecule has 35 heavy (non-hydrogen) atoms. The zero-order valence-electron chi connectivity index (χ0n) is 19.6. The Kier molecular flexibility index (Phi) is 7.67. The summed E-state index contributed by atoms with van der Waals surface area (Å²) >= 11 is 0. The monoisotopic (exact) mass is 512 g/mol. The maximum absolute atomic E-state index is 15.2. The van der Waals surface area contributed by atoms with E-state index in [2.05, 4.69) is 10.3 Å². The summed E-state index contributed by atoms with van der Waals surface area (Å²) in [6, 6.07) is 6.55. The highest BCUT2D eigenvalue weighted by Gasteiger charge is 2.61. The Balaban J connectivity index is 1.67. The number of rotatable bonds is 8. The SMILES string of the molecule is CC[C@H]1O[C@@H](n2ccc(NC(=O)OCc3ccc([N+](=O)[O-])cc3)nc2=O)C(F)(F)C1O[Si](C)(C)C. The average molecular weight is 513 g/mol. The lowest BCUT2D eigenvalue weighted by molar-refractivity contribution is -0.384. The van der Waals surface area contributed by atoms with Gasteiger partial charge in [-0.3, -0.25) is 20.0 Å². The van der Waals surface area contributed by atoms with Crippen LogP contribution < -0.4 is 11.0 Å². The van der Waals surface area contributed by atoms with E-state index in [0.29, 0.717) is 10.1 Å². The van der Waals surface area contributed by atoms with Crippen LogP contribution in [0.25, 0.3) is 0 Å². The van der Waals surface area contributed by atoms with Crippen molar-refractivity contribution in [3.8, 4) is 0 Å². The largest absolute Gasteiger partial charge is 0.444 e. The van der Waals surface area contributed by atoms with Gasteiger partial charge in [0.15, 0.2) is 8.32 Å². The van der Waals surface area contributed by atoms with Crippen LogP contribution >= 0.6 is 0 Å². The minimum atomic E-state index is -3.48. The molecule has 3 rings (SSSR count). The summed E-state index contributed by atoms with van der Waals surface area (Å²) in [4.78, 5) is 38.3. The van der Waals surface area contributed by atoms with Crippen LogP contribution in [0.2, 0.25) is 19.6 Å². The smallest absolute Gasteiger partial charge is 0.413 e. The molecular weight excluding hydrogens is 486 g/mol. The molecule has 1 aliphatic heterocycles. The van der Waals surface area contributed by atoms with Gasteiger partial charge in [0, 0.05) is 18.3 Å². The Morgan fingerprint density at radius 1 is 1.29 bits per heavy atom. The lowest BCUT2D eigenvalue weighted by atomic mass is 10.1. The average Bonchev–Trinajstić information content (AvgIpc) is 3.01. The molecule has 14 heteroatoms. The number of nitro groups is 1. The van der Waals surface area contributed by atoms with Gasteiger partial charge < -0.3 is 13.9 Å². The van der Waals surface area contributed by atoms with Crippen LogP contribution in [-0.4, -0.2) is 47.0 Å². The molecule has 1 aromatic carbocycles. The number of nitrogens with zero attached hydrogens (tertiary/aromatic N) is 3. The molecule has 2 aromatic rings. The summed E-state index contributed by atoms with van der Waals surface area (Å²) in [6.07, 6.45) is -3.93. The van der Waals surface area contributed by atoms with Gasteiger partial charge in [-0.1, -0.05) is 6.92 Å². The quantitative estimate of drug-likeness (QED) is 0.318. The number of hydrogen-bond donors (Lipinski definition) is 1. The van der Waals surface area contributed by atoms with E-state index in [9.17, 15) is 19.7 Å². The van der Waals surface area contributed by atoms with Crippen molar-refractivity contribution in [2.24, 2.45) is 0 Å². The topological polar surface area (TPSA) is 135 Å². The highest BCUT2D eigenvalue weighted by atomic mass is 28.4. The third-order valence-electron chi connectivity index (χ3n) is 5.06. The standard InChI is InChI=1S/C21H26F2N4O7Si/c1-5-15-17(34-35(2,3)4)21(22,23)18(33-15)26-11-10-16(24-19(26)28)25-20(29)32-12-13-6-8-14(9-7-13)27(30)31/h6-11,15,17-18H,5,12H2,1-4H3,(H,24,25,28,29)/t15-,17?,18-/m1/s1. The molecule has 2 heterocycles. The van der Waals surface area contributed by atoms with Crippen molar-refractivity contribution in [3.63, 3.8) is 0 Å². The first-order chi connectivity index (χ1) is 16.3. The van der Waals surface area contributed by atoms with Gasteiger partial charge in [0.05, 0.1) is 11.0 Å². The second-order valence-electron chi connectivity index (χ2n) is 8.89. The molecule has 3 atom stereocenters. The minimum Gasteiger partial charge on any atom is -0.444 e. The van der Waals surface area contributed by atoms with Crippen molar-refractivity contribution in [2.45, 2.75) is 64.0 Å². The summed E-state index contributed by atoms with van der Waals surface area (Å²) < 4.78 is 47.3. The molecule has 0 spiro atoms. The number of non-ortho nitro benzene ring substituents is 1. The predicted octanol–water partition coefficient (Wildman–Crippen LogP) is 4.06. The van der Waals surface area contributed by atoms with Gasteiger partial charge >= 0.3 is 17.7 Å². The van der Waals surface area contributed by atoms with Crippen molar-refractivity contribution in [3.05, 3.63) is 62.7 Å². The van der Waals surface area contributed by atoms with Gasteiger partial charge in [0.2, 0.25) is 6.23 Å². The zero-order valence-corrected chi connectivity index (χ0v) is 20.6. The van der Waals surface area contributed by atoms with Crippen LogP contribution in [0.5, 0.6) is 0 Å². The fraction of sp³-hybridized carbons (Fsp3) is 0.476. The number of nitrogens with one attached hydrogen (secondary N) is 1. The first-order valence-electron chi connectivity index (χ1n) is 10.8. The van der Waals surface area contributed by atoms with Gasteiger partial charge in [0.1, 0.15) is 18.5 Å². The van der Waals surface area contributed by atoms with E-state index in [-0.39, 0.29) is 24.5 Å². The summed E-state index contributed by atoms with van der Waals surface area (Å²) in [5, 5.41) is 12.9. The molecule has 0 saturated carbocycles. The molecule has 1 aromatic heterocycles. The fourth-order valence-corrected chi connectivity index (χ4v) is 4.55. The van der Waals surface area contributed by atoms with Crippen LogP contribution in [0, 0.1) is 10.1 Å². The molecule has 1 fully saturated rings. The Morgan fingerprint density at radius 2 is 1.94 bits per heavy atom. The number of ether oxygens (including phenoxy) is 2. The lowest BCUT2D eigenvalue weighted by Gasteiger charge is -2.30. The summed E-state index contributed by atoms with van der Waals surface area (Å²) in [7, 11) is -2.34. The second-order valence-corrected chi connectivity index (χ2v) is 13.3. The Morgan fingerprint density at radius 3 is 2.49 bits per heavy atom.